The number of nitrogens with zero attached hydrogens (tertiary/aromatic N) is 2. The summed E-state index contributed by atoms with van der Waals surface area (Å²) in [6, 6.07) is 28.6. The molecule has 0 saturated carbocycles. The molecule has 4 aromatic rings. The Labute approximate surface area is 273 Å². The molecule has 1 atom stereocenters. The second kappa shape index (κ2) is 15.6. The van der Waals surface area contributed by atoms with E-state index in [0.29, 0.717) is 18.0 Å². The number of hydrogen-bond acceptors (Lipinski definition) is 6. The smallest absolute Gasteiger partial charge is 0.264 e. The number of likely N-dealkylation sites (N-methyl/N-ethyl adjacent to an activating group) is 1. The third-order valence-electron chi connectivity index (χ3n) is 7.15. The summed E-state index contributed by atoms with van der Waals surface area (Å²) in [5, 5.41) is 2.86. The summed E-state index contributed by atoms with van der Waals surface area (Å²) >= 11 is 3.44. The molecule has 0 aliphatic rings. The second-order valence-electron chi connectivity index (χ2n) is 10.1. The number of methoxy groups -OCH3 is 2. The van der Waals surface area contributed by atoms with Crippen molar-refractivity contribution in [2.75, 3.05) is 31.6 Å². The van der Waals surface area contributed by atoms with E-state index in [0.717, 1.165) is 19.9 Å². The van der Waals surface area contributed by atoms with Crippen LogP contribution in [0, 0.1) is 0 Å². The second-order valence-corrected chi connectivity index (χ2v) is 12.9. The molecule has 0 fully saturated rings. The van der Waals surface area contributed by atoms with Gasteiger partial charge in [-0.15, -0.1) is 0 Å². The van der Waals surface area contributed by atoms with Gasteiger partial charge in [0.1, 0.15) is 12.6 Å². The molecule has 0 heterocycles. The number of nitrogens with one attached hydrogen (secondary N) is 1. The van der Waals surface area contributed by atoms with Crippen molar-refractivity contribution in [2.45, 2.75) is 30.8 Å². The highest BCUT2D eigenvalue weighted by Crippen LogP contribution is 2.32. The van der Waals surface area contributed by atoms with Gasteiger partial charge in [-0.1, -0.05) is 76.6 Å². The first kappa shape index (κ1) is 33.5. The Hall–Kier alpha value is -4.35. The van der Waals surface area contributed by atoms with Crippen LogP contribution in [0.25, 0.3) is 0 Å². The lowest BCUT2D eigenvalue weighted by Crippen LogP contribution is -2.53. The summed E-state index contributed by atoms with van der Waals surface area (Å²) < 4.78 is 41.0. The zero-order chi connectivity index (χ0) is 32.4. The van der Waals surface area contributed by atoms with Gasteiger partial charge in [-0.2, -0.15) is 0 Å². The van der Waals surface area contributed by atoms with Gasteiger partial charge in [0, 0.05) is 30.0 Å². The number of sulfonamides is 1. The normalized spacial score (nSPS) is 11.7. The van der Waals surface area contributed by atoms with Gasteiger partial charge in [0.15, 0.2) is 11.5 Å². The standard InChI is InChI=1S/C34H36BrN3O6S/c1-4-36-34(40)30(21-25-11-7-5-8-12-25)37(23-26-15-17-27(35)18-16-26)33(39)24-38(28-13-9-6-10-14-28)45(41,42)29-19-20-31(43-2)32(22-29)44-3/h5-20,22,30H,4,21,23-24H2,1-3H3,(H,36,40)/t30-/m0/s1. The Balaban J connectivity index is 1.79. The highest BCUT2D eigenvalue weighted by molar-refractivity contribution is 9.10. The Morgan fingerprint density at radius 2 is 1.44 bits per heavy atom. The molecule has 4 rings (SSSR count). The molecule has 0 aliphatic carbocycles. The van der Waals surface area contributed by atoms with Crippen LogP contribution in [0.2, 0.25) is 0 Å². The van der Waals surface area contributed by atoms with Crippen LogP contribution in [0.3, 0.4) is 0 Å². The third kappa shape index (κ3) is 8.43. The van der Waals surface area contributed by atoms with Gasteiger partial charge in [0.05, 0.1) is 24.8 Å². The van der Waals surface area contributed by atoms with Gasteiger partial charge in [0.2, 0.25) is 11.8 Å². The quantitative estimate of drug-likeness (QED) is 0.189. The molecule has 0 radical (unpaired) electrons. The summed E-state index contributed by atoms with van der Waals surface area (Å²) in [5.74, 6) is -0.280. The molecule has 0 bridgehead atoms. The first-order valence-corrected chi connectivity index (χ1v) is 16.6. The van der Waals surface area contributed by atoms with E-state index in [1.807, 2.05) is 61.5 Å². The number of carbonyl (C=O) groups excluding carboxylic acids is 2. The van der Waals surface area contributed by atoms with Gasteiger partial charge in [-0.05, 0) is 54.4 Å². The Kier molecular flexibility index (Phi) is 11.6. The Morgan fingerprint density at radius 3 is 2.04 bits per heavy atom. The molecule has 0 unspecified atom stereocenters. The Bertz CT molecular complexity index is 1690. The van der Waals surface area contributed by atoms with Crippen molar-refractivity contribution in [1.29, 1.82) is 0 Å². The van der Waals surface area contributed by atoms with Crippen molar-refractivity contribution < 1.29 is 27.5 Å². The van der Waals surface area contributed by atoms with E-state index in [2.05, 4.69) is 21.2 Å². The first-order valence-electron chi connectivity index (χ1n) is 14.3. The predicted molar refractivity (Wildman–Crippen MR) is 178 cm³/mol. The van der Waals surface area contributed by atoms with E-state index >= 15 is 0 Å². The summed E-state index contributed by atoms with van der Waals surface area (Å²) in [4.78, 5) is 29.4. The van der Waals surface area contributed by atoms with Crippen molar-refractivity contribution in [3.8, 4) is 11.5 Å². The number of hydrogen-bond donors (Lipinski definition) is 1. The minimum absolute atomic E-state index is 0.0826. The molecular weight excluding hydrogens is 658 g/mol. The minimum Gasteiger partial charge on any atom is -0.493 e. The van der Waals surface area contributed by atoms with Crippen LogP contribution in [-0.2, 0) is 32.6 Å². The molecule has 0 aromatic heterocycles. The molecule has 0 saturated heterocycles. The fraction of sp³-hybridized carbons (Fsp3) is 0.235. The fourth-order valence-corrected chi connectivity index (χ4v) is 6.55. The van der Waals surface area contributed by atoms with Crippen LogP contribution < -0.4 is 19.1 Å². The predicted octanol–water partition coefficient (Wildman–Crippen LogP) is 5.44. The van der Waals surface area contributed by atoms with E-state index in [9.17, 15) is 18.0 Å². The lowest BCUT2D eigenvalue weighted by atomic mass is 10.0. The molecule has 9 nitrogen and oxygen atoms in total. The molecular formula is C34H36BrN3O6S. The zero-order valence-corrected chi connectivity index (χ0v) is 27.8. The van der Waals surface area contributed by atoms with Gasteiger partial charge >= 0.3 is 0 Å². The topological polar surface area (TPSA) is 105 Å². The lowest BCUT2D eigenvalue weighted by Gasteiger charge is -2.34. The number of benzene rings is 4. The van der Waals surface area contributed by atoms with Gasteiger partial charge in [-0.3, -0.25) is 13.9 Å². The monoisotopic (exact) mass is 693 g/mol. The summed E-state index contributed by atoms with van der Waals surface area (Å²) in [6.07, 6.45) is 0.239. The Morgan fingerprint density at radius 1 is 0.822 bits per heavy atom. The number of para-hydroxylation sites is 1. The number of anilines is 1. The van der Waals surface area contributed by atoms with Gasteiger partial charge in [0.25, 0.3) is 10.0 Å². The van der Waals surface area contributed by atoms with Crippen molar-refractivity contribution in [2.24, 2.45) is 0 Å². The lowest BCUT2D eigenvalue weighted by molar-refractivity contribution is -0.140. The molecule has 2 amide bonds. The summed E-state index contributed by atoms with van der Waals surface area (Å²) in [7, 11) is -1.41. The maximum absolute atomic E-state index is 14.4. The average molecular weight is 695 g/mol. The van der Waals surface area contributed by atoms with Crippen molar-refractivity contribution in [3.05, 3.63) is 119 Å². The zero-order valence-electron chi connectivity index (χ0n) is 25.4. The van der Waals surface area contributed by atoms with Crippen LogP contribution in [0.1, 0.15) is 18.1 Å². The van der Waals surface area contributed by atoms with Crippen LogP contribution in [0.15, 0.2) is 112 Å². The number of halogens is 1. The molecule has 45 heavy (non-hydrogen) atoms. The van der Waals surface area contributed by atoms with Crippen LogP contribution >= 0.6 is 15.9 Å². The molecule has 11 heteroatoms. The van der Waals surface area contributed by atoms with E-state index in [4.69, 9.17) is 9.47 Å². The highest BCUT2D eigenvalue weighted by Gasteiger charge is 2.34. The largest absolute Gasteiger partial charge is 0.493 e. The number of amides is 2. The van der Waals surface area contributed by atoms with Crippen molar-refractivity contribution >= 4 is 43.5 Å². The van der Waals surface area contributed by atoms with E-state index in [1.165, 1.54) is 37.3 Å². The highest BCUT2D eigenvalue weighted by atomic mass is 79.9. The molecule has 236 valence electrons. The maximum atomic E-state index is 14.4. The van der Waals surface area contributed by atoms with Crippen LogP contribution in [0.4, 0.5) is 5.69 Å². The molecule has 0 spiro atoms. The summed E-state index contributed by atoms with van der Waals surface area (Å²) in [5.41, 5.74) is 1.94. The summed E-state index contributed by atoms with van der Waals surface area (Å²) in [6.45, 7) is 1.71. The van der Waals surface area contributed by atoms with Crippen LogP contribution in [0.5, 0.6) is 11.5 Å². The maximum Gasteiger partial charge on any atom is 0.264 e. The molecule has 0 aliphatic heterocycles. The van der Waals surface area contributed by atoms with Gasteiger partial charge < -0.3 is 19.7 Å². The van der Waals surface area contributed by atoms with E-state index in [1.54, 1.807) is 30.3 Å². The number of carbonyl (C=O) groups is 2. The van der Waals surface area contributed by atoms with Crippen molar-refractivity contribution in [1.82, 2.24) is 10.2 Å². The minimum atomic E-state index is -4.29. The third-order valence-corrected chi connectivity index (χ3v) is 9.45. The molecule has 1 N–H and O–H groups in total. The number of rotatable bonds is 14. The fourth-order valence-electron chi connectivity index (χ4n) is 4.86. The van der Waals surface area contributed by atoms with Crippen molar-refractivity contribution in [3.63, 3.8) is 0 Å². The van der Waals surface area contributed by atoms with Crippen LogP contribution in [-0.4, -0.2) is 58.5 Å². The van der Waals surface area contributed by atoms with E-state index < -0.39 is 28.5 Å². The van der Waals surface area contributed by atoms with E-state index in [-0.39, 0.29) is 29.5 Å². The molecule has 4 aromatic carbocycles. The first-order chi connectivity index (χ1) is 21.7. The van der Waals surface area contributed by atoms with Gasteiger partial charge in [-0.25, -0.2) is 8.42 Å². The SMILES string of the molecule is CCNC(=O)[C@H](Cc1ccccc1)N(Cc1ccc(Br)cc1)C(=O)CN(c1ccccc1)S(=O)(=O)c1ccc(OC)c(OC)c1. The average Bonchev–Trinajstić information content (AvgIpc) is 3.06. The number of ether oxygens (including phenoxy) is 2.